The maximum Gasteiger partial charge on any atom is 0.326 e. The van der Waals surface area contributed by atoms with Crippen molar-refractivity contribution >= 4 is 76.5 Å². The number of aromatic nitrogens is 4. The van der Waals surface area contributed by atoms with Gasteiger partial charge in [-0.1, -0.05) is 90.7 Å². The van der Waals surface area contributed by atoms with E-state index in [0.29, 0.717) is 73.7 Å². The first-order valence-corrected chi connectivity index (χ1v) is 37.8. The van der Waals surface area contributed by atoms with Crippen LogP contribution in [0.5, 0.6) is 5.75 Å². The molecule has 1 fully saturated rings. The summed E-state index contributed by atoms with van der Waals surface area (Å²) in [5.41, 5.74) is 6.82. The number of phenolic OH excluding ortho intramolecular Hbond substituents is 1. The fraction of sp³-hybridized carbons (Fsp3) is 0.662. The summed E-state index contributed by atoms with van der Waals surface area (Å²) in [6.07, 6.45) is 9.00. The number of nitrogens with one attached hydrogen (secondary N) is 15. The number of hydrogen-bond donors (Lipinski definition) is 20. The zero-order chi connectivity index (χ0) is 81.3. The van der Waals surface area contributed by atoms with Crippen LogP contribution in [0, 0.1) is 35.0 Å². The van der Waals surface area contributed by atoms with Crippen molar-refractivity contribution in [1.29, 1.82) is 5.41 Å². The van der Waals surface area contributed by atoms with Crippen LogP contribution in [0.25, 0.3) is 0 Å². The number of nitrogens with two attached hydrogens (primary N) is 1. The van der Waals surface area contributed by atoms with Crippen molar-refractivity contribution in [3.05, 3.63) is 66.3 Å². The Labute approximate surface area is 639 Å². The number of hydrogen-bond acceptors (Lipinski definition) is 21. The Morgan fingerprint density at radius 2 is 1.09 bits per heavy atom. The molecule has 0 saturated carbocycles. The number of H-pyrrole nitrogens is 2. The summed E-state index contributed by atoms with van der Waals surface area (Å²) in [7, 11) is 0. The maximum absolute atomic E-state index is 15.1. The van der Waals surface area contributed by atoms with Crippen LogP contribution in [0.4, 0.5) is 0 Å². The molecule has 3 aromatic rings. The molecule has 0 radical (unpaired) electrons. The van der Waals surface area contributed by atoms with E-state index in [2.05, 4.69) is 94.0 Å². The summed E-state index contributed by atoms with van der Waals surface area (Å²) < 4.78 is 0. The minimum absolute atomic E-state index is 0.0462. The highest BCUT2D eigenvalue weighted by Gasteiger charge is 2.43. The van der Waals surface area contributed by atoms with Crippen molar-refractivity contribution in [2.45, 2.75) is 246 Å². The van der Waals surface area contributed by atoms with Gasteiger partial charge >= 0.3 is 5.97 Å². The zero-order valence-electron chi connectivity index (χ0n) is 65.8. The Kier molecular flexibility index (Phi) is 38.0. The molecule has 9 amide bonds. The largest absolute Gasteiger partial charge is 0.508 e. The second-order valence-corrected chi connectivity index (χ2v) is 30.3. The van der Waals surface area contributed by atoms with E-state index in [1.54, 1.807) is 81.4 Å². The summed E-state index contributed by atoms with van der Waals surface area (Å²) in [6.45, 7) is 26.8. The third-order valence-electron chi connectivity index (χ3n) is 20.2. The standard InChI is InChI=1S/C74H123N21O14/c1-15-44(7)61(69(104)88-56(36-51-38-79-41-82-51)70(105)95-32-18-20-58(95)66(101)92-62(45(8)16-2)68(103)87-55(35-50-37-78-40-81-50)64(99)89-57(71(106)107)33-42(3)4)91-65(100)54(34-49-21-23-52(96)24-22-49)86-67(102)60(43(5)6)90-63(98)53(19-17-28-80-72(75)76)85-59(97)39-77-29-25-48(26-30-83-73(11,12)46(9)93-108)27-31-84-74(13,14)47(10)94-109/h21-24,37-38,40-45,48,53-58,60-62,77,83-84,96,108-109H,15-20,25-36,39H2,1-14H3,(H,78,81)(H,79,82)(H,85,97)(H,86,102)(H,87,103)(H,88,104)(H,89,99)(H,90,98)(H,91,100)(H,92,101)(H,106,107)(H4,75,76,80)/b93-46-,94-47-/t44?,45?,53-,54-,55-,56-,57-,58-,60-,61-,62-/m0/s1. The Bertz CT molecular complexity index is 3440. The van der Waals surface area contributed by atoms with Crippen molar-refractivity contribution in [1.82, 2.24) is 88.6 Å². The zero-order valence-corrected chi connectivity index (χ0v) is 65.8. The number of aromatic hydroxyl groups is 1. The van der Waals surface area contributed by atoms with Crippen LogP contribution in [0.2, 0.25) is 0 Å². The summed E-state index contributed by atoms with van der Waals surface area (Å²) in [5.74, 6) is -9.90. The Morgan fingerprint density at radius 3 is 1.59 bits per heavy atom. The normalized spacial score (nSPS) is 16.3. The quantitative estimate of drug-likeness (QED) is 0.0126. The van der Waals surface area contributed by atoms with Gasteiger partial charge in [0.1, 0.15) is 60.1 Å². The molecule has 608 valence electrons. The molecule has 4 rings (SSSR count). The summed E-state index contributed by atoms with van der Waals surface area (Å²) >= 11 is 0. The molecule has 1 aliphatic rings. The number of carbonyl (C=O) groups excluding carboxylic acids is 9. The Morgan fingerprint density at radius 1 is 0.615 bits per heavy atom. The molecule has 1 aromatic carbocycles. The first-order valence-electron chi connectivity index (χ1n) is 37.8. The van der Waals surface area contributed by atoms with E-state index in [-0.39, 0.29) is 88.1 Å². The van der Waals surface area contributed by atoms with E-state index >= 15 is 14.4 Å². The van der Waals surface area contributed by atoms with Crippen LogP contribution in [0.15, 0.2) is 59.6 Å². The number of oxime groups is 2. The monoisotopic (exact) mass is 1530 g/mol. The Hall–Kier alpha value is -9.77. The average Bonchev–Trinajstić information content (AvgIpc) is 1.75. The van der Waals surface area contributed by atoms with Crippen molar-refractivity contribution in [3.63, 3.8) is 0 Å². The molecule has 21 N–H and O–H groups in total. The van der Waals surface area contributed by atoms with E-state index in [0.717, 1.165) is 12.8 Å². The van der Waals surface area contributed by atoms with Gasteiger partial charge < -0.3 is 105 Å². The lowest BCUT2D eigenvalue weighted by Gasteiger charge is -2.33. The fourth-order valence-corrected chi connectivity index (χ4v) is 12.3. The highest BCUT2D eigenvalue weighted by atomic mass is 16.4. The van der Waals surface area contributed by atoms with Gasteiger partial charge in [-0.2, -0.15) is 0 Å². The molecule has 109 heavy (non-hydrogen) atoms. The summed E-state index contributed by atoms with van der Waals surface area (Å²) in [4.78, 5) is 159. The maximum atomic E-state index is 15.1. The third-order valence-corrected chi connectivity index (χ3v) is 20.2. The molecule has 2 aromatic heterocycles. The molecule has 35 nitrogen and oxygen atoms in total. The molecule has 1 aliphatic heterocycles. The molecular weight excluding hydrogens is 1410 g/mol. The van der Waals surface area contributed by atoms with E-state index < -0.39 is 142 Å². The number of carboxylic acid groups (broad SMARTS) is 1. The third kappa shape index (κ3) is 30.7. The SMILES string of the molecule is CCC(C)[C@H](NC(=O)[C@H](Cc1ccc(O)cc1)NC(=O)[C@@H](NC(=O)[C@H](CCCNC(=N)N)NC(=O)CNCCC(CCNC(C)(C)/C(C)=N\O)CCNC(C)(C)/C(C)=N\O)C(C)C)C(=O)N[C@@H](Cc1cnc[nH]1)C(=O)N1CCC[C@H]1C(=O)N[C@H](C(=O)N[C@@H](Cc1cnc[nH]1)C(=O)N[C@@H](CC(C)C)C(=O)O)C(C)CC. The van der Waals surface area contributed by atoms with Crippen molar-refractivity contribution < 1.29 is 68.6 Å². The molecule has 11 atom stereocenters. The summed E-state index contributed by atoms with van der Waals surface area (Å²) in [6, 6.07) is -5.78. The number of imidazole rings is 2. The van der Waals surface area contributed by atoms with Gasteiger partial charge in [0.05, 0.1) is 41.7 Å². The van der Waals surface area contributed by atoms with E-state index in [9.17, 15) is 54.2 Å². The van der Waals surface area contributed by atoms with Gasteiger partial charge in [0.2, 0.25) is 53.2 Å². The number of phenols is 1. The summed E-state index contributed by atoms with van der Waals surface area (Å²) in [5, 5.41) is 88.5. The molecule has 1 saturated heterocycles. The molecule has 0 bridgehead atoms. The van der Waals surface area contributed by atoms with Crippen molar-refractivity contribution in [2.24, 2.45) is 45.6 Å². The number of carboxylic acids is 1. The van der Waals surface area contributed by atoms with E-state index in [1.165, 1.54) is 42.1 Å². The molecular formula is C74H123N21O14. The predicted octanol–water partition coefficient (Wildman–Crippen LogP) is 1.69. The minimum Gasteiger partial charge on any atom is -0.508 e. The first-order chi connectivity index (χ1) is 51.4. The number of aromatic amines is 2. The lowest BCUT2D eigenvalue weighted by atomic mass is 9.94. The van der Waals surface area contributed by atoms with Gasteiger partial charge in [-0.15, -0.1) is 0 Å². The van der Waals surface area contributed by atoms with E-state index in [4.69, 9.17) is 11.1 Å². The van der Waals surface area contributed by atoms with Crippen LogP contribution in [0.1, 0.15) is 178 Å². The molecule has 3 heterocycles. The minimum atomic E-state index is -1.44. The number of likely N-dealkylation sites (tertiary alicyclic amines) is 1. The number of amides is 9. The number of carbonyl (C=O) groups is 10. The van der Waals surface area contributed by atoms with Crippen molar-refractivity contribution in [2.75, 3.05) is 39.3 Å². The van der Waals surface area contributed by atoms with E-state index in [1.807, 2.05) is 27.7 Å². The predicted molar refractivity (Wildman–Crippen MR) is 411 cm³/mol. The topological polar surface area (TPSA) is 531 Å². The lowest BCUT2D eigenvalue weighted by Crippen LogP contribution is -2.62. The van der Waals surface area contributed by atoms with Gasteiger partial charge in [0.15, 0.2) is 5.96 Å². The van der Waals surface area contributed by atoms with Crippen LogP contribution in [0.3, 0.4) is 0 Å². The van der Waals surface area contributed by atoms with Gasteiger partial charge in [0.25, 0.3) is 0 Å². The highest BCUT2D eigenvalue weighted by molar-refractivity contribution is 5.99. The number of benzene rings is 1. The molecule has 35 heteroatoms. The average molecular weight is 1530 g/mol. The second-order valence-electron chi connectivity index (χ2n) is 30.3. The smallest absolute Gasteiger partial charge is 0.326 e. The van der Waals surface area contributed by atoms with Gasteiger partial charge in [-0.05, 0) is 160 Å². The second kappa shape index (κ2) is 45.3. The number of rotatable bonds is 49. The van der Waals surface area contributed by atoms with Crippen LogP contribution in [-0.4, -0.2) is 227 Å². The molecule has 0 spiro atoms. The molecule has 2 unspecified atom stereocenters. The van der Waals surface area contributed by atoms with Gasteiger partial charge in [0, 0.05) is 56.1 Å². The number of aliphatic carboxylic acids is 1. The van der Waals surface area contributed by atoms with Gasteiger partial charge in [-0.3, -0.25) is 48.6 Å². The Balaban J connectivity index is 1.57. The van der Waals surface area contributed by atoms with Crippen LogP contribution in [-0.2, 0) is 67.2 Å². The van der Waals surface area contributed by atoms with Crippen LogP contribution < -0.4 is 69.5 Å². The number of nitrogens with zero attached hydrogens (tertiary/aromatic N) is 5. The highest BCUT2D eigenvalue weighted by Crippen LogP contribution is 2.23. The van der Waals surface area contributed by atoms with Gasteiger partial charge in [-0.25, -0.2) is 14.8 Å². The first kappa shape index (κ1) is 91.6. The van der Waals surface area contributed by atoms with Crippen LogP contribution >= 0.6 is 0 Å². The number of guanidine groups is 1. The fourth-order valence-electron chi connectivity index (χ4n) is 12.3. The van der Waals surface area contributed by atoms with Crippen molar-refractivity contribution in [3.8, 4) is 5.75 Å². The lowest BCUT2D eigenvalue weighted by molar-refractivity contribution is -0.143. The molecule has 0 aliphatic carbocycles.